The van der Waals surface area contributed by atoms with E-state index in [1.165, 1.54) is 13.8 Å². The number of ether oxygens (including phenoxy) is 6. The summed E-state index contributed by atoms with van der Waals surface area (Å²) in [7, 11) is 0. The molecular weight excluding hydrogens is 592 g/mol. The first-order chi connectivity index (χ1) is 20.2. The number of hydrogen-bond acceptors (Lipinski definition) is 19. The Morgan fingerprint density at radius 3 is 1.67 bits per heavy atom. The second kappa shape index (κ2) is 15.5. The molecule has 0 saturated carbocycles. The predicted molar refractivity (Wildman–Crippen MR) is 132 cm³/mol. The van der Waals surface area contributed by atoms with Gasteiger partial charge < -0.3 is 94.5 Å². The first kappa shape index (κ1) is 36.4. The molecule has 19 atom stereocenters. The van der Waals surface area contributed by atoms with Crippen molar-refractivity contribution in [3.63, 3.8) is 0 Å². The molecule has 0 bridgehead atoms. The monoisotopic (exact) mass is 634 g/mol. The van der Waals surface area contributed by atoms with Gasteiger partial charge in [-0.3, -0.25) is 0 Å². The van der Waals surface area contributed by atoms with Gasteiger partial charge in [-0.15, -0.1) is 0 Å². The quantitative estimate of drug-likeness (QED) is 0.0887. The zero-order valence-corrected chi connectivity index (χ0v) is 23.2. The standard InChI is InChI=1S/C24H42O19/c1-6-11(30)14(33)17(36)22(38-6)41-19(8(28)3-25)20(9(29)4-26)42-24-21(16(35)13(32)10(5-27)40-24)43-23-18(37)15(34)12(31)7(2)39-23/h3,6-24,26-37H,4-5H2,1-2H3/t6-,7-,8-,9+,10+,11+,12+,13-,14+,15+,16-,17-,18-,19+,20+,21+,22-,23-,24-/m0/s1. The van der Waals surface area contributed by atoms with E-state index in [1.54, 1.807) is 0 Å². The van der Waals surface area contributed by atoms with Crippen LogP contribution in [0.25, 0.3) is 0 Å². The molecular formula is C24H42O19. The summed E-state index contributed by atoms with van der Waals surface area (Å²) in [5.74, 6) is 0. The van der Waals surface area contributed by atoms with Crippen LogP contribution in [0.5, 0.6) is 0 Å². The van der Waals surface area contributed by atoms with Crippen LogP contribution < -0.4 is 0 Å². The smallest absolute Gasteiger partial charge is 0.187 e. The minimum Gasteiger partial charge on any atom is -0.394 e. The van der Waals surface area contributed by atoms with E-state index in [0.717, 1.165) is 0 Å². The van der Waals surface area contributed by atoms with Gasteiger partial charge in [-0.1, -0.05) is 0 Å². The lowest BCUT2D eigenvalue weighted by atomic mass is 9.97. The number of rotatable bonds is 12. The molecule has 3 heterocycles. The lowest BCUT2D eigenvalue weighted by molar-refractivity contribution is -0.381. The van der Waals surface area contributed by atoms with Crippen LogP contribution in [-0.4, -0.2) is 197 Å². The Labute approximate surface area is 244 Å². The normalized spacial score (nSPS) is 47.0. The topological polar surface area (TPSA) is 315 Å². The molecule has 0 aromatic heterocycles. The highest BCUT2D eigenvalue weighted by atomic mass is 16.8. The third-order valence-electron chi connectivity index (χ3n) is 7.68. The van der Waals surface area contributed by atoms with Crippen molar-refractivity contribution < 1.29 is 94.5 Å². The molecule has 0 aliphatic carbocycles. The minimum absolute atomic E-state index is 0.0554. The van der Waals surface area contributed by atoms with Crippen LogP contribution in [0.15, 0.2) is 0 Å². The molecule has 3 aliphatic heterocycles. The van der Waals surface area contributed by atoms with Crippen molar-refractivity contribution in [1.29, 1.82) is 0 Å². The van der Waals surface area contributed by atoms with Crippen molar-refractivity contribution in [2.45, 2.75) is 130 Å². The van der Waals surface area contributed by atoms with E-state index in [1.807, 2.05) is 0 Å². The average molecular weight is 635 g/mol. The summed E-state index contributed by atoms with van der Waals surface area (Å²) >= 11 is 0. The summed E-state index contributed by atoms with van der Waals surface area (Å²) in [6.07, 6.45) is -33.8. The molecule has 19 nitrogen and oxygen atoms in total. The summed E-state index contributed by atoms with van der Waals surface area (Å²) in [4.78, 5) is 11.6. The van der Waals surface area contributed by atoms with Gasteiger partial charge in [0.25, 0.3) is 0 Å². The van der Waals surface area contributed by atoms with Gasteiger partial charge >= 0.3 is 0 Å². The van der Waals surface area contributed by atoms with E-state index in [2.05, 4.69) is 0 Å². The van der Waals surface area contributed by atoms with E-state index < -0.39 is 130 Å². The third kappa shape index (κ3) is 7.85. The summed E-state index contributed by atoms with van der Waals surface area (Å²) in [5.41, 5.74) is 0. The molecule has 3 rings (SSSR count). The number of carbonyl (C=O) groups is 1. The maximum Gasteiger partial charge on any atom is 0.187 e. The van der Waals surface area contributed by atoms with Crippen LogP contribution in [0.1, 0.15) is 13.8 Å². The molecule has 252 valence electrons. The van der Waals surface area contributed by atoms with Crippen molar-refractivity contribution >= 4 is 6.29 Å². The zero-order valence-electron chi connectivity index (χ0n) is 23.2. The van der Waals surface area contributed by atoms with Crippen LogP contribution in [0.2, 0.25) is 0 Å². The second-order valence-corrected chi connectivity index (χ2v) is 10.7. The summed E-state index contributed by atoms with van der Waals surface area (Å²) in [6.45, 7) is 0.667. The maximum atomic E-state index is 11.6. The van der Waals surface area contributed by atoms with Crippen molar-refractivity contribution in [2.24, 2.45) is 0 Å². The molecule has 0 spiro atoms. The fourth-order valence-corrected chi connectivity index (χ4v) is 4.95. The van der Waals surface area contributed by atoms with Gasteiger partial charge in [0.1, 0.15) is 85.5 Å². The molecule has 19 heteroatoms. The largest absolute Gasteiger partial charge is 0.394 e. The highest BCUT2D eigenvalue weighted by Gasteiger charge is 2.53. The zero-order chi connectivity index (χ0) is 32.3. The Balaban J connectivity index is 1.93. The van der Waals surface area contributed by atoms with Crippen LogP contribution >= 0.6 is 0 Å². The second-order valence-electron chi connectivity index (χ2n) is 10.7. The van der Waals surface area contributed by atoms with Gasteiger partial charge in [0.05, 0.1) is 25.4 Å². The Morgan fingerprint density at radius 2 is 1.16 bits per heavy atom. The van der Waals surface area contributed by atoms with Gasteiger partial charge in [0, 0.05) is 0 Å². The molecule has 0 aromatic carbocycles. The fraction of sp³-hybridized carbons (Fsp3) is 0.958. The van der Waals surface area contributed by atoms with Crippen molar-refractivity contribution in [2.75, 3.05) is 13.2 Å². The van der Waals surface area contributed by atoms with Crippen molar-refractivity contribution in [3.8, 4) is 0 Å². The Morgan fingerprint density at radius 1 is 0.651 bits per heavy atom. The van der Waals surface area contributed by atoms with E-state index in [0.29, 0.717) is 0 Å². The van der Waals surface area contributed by atoms with E-state index in [4.69, 9.17) is 28.4 Å². The lowest BCUT2D eigenvalue weighted by Gasteiger charge is -2.47. The fourth-order valence-electron chi connectivity index (χ4n) is 4.95. The maximum absolute atomic E-state index is 11.6. The number of aldehydes is 1. The summed E-state index contributed by atoms with van der Waals surface area (Å²) in [6, 6.07) is 0. The van der Waals surface area contributed by atoms with Crippen molar-refractivity contribution in [1.82, 2.24) is 0 Å². The number of aliphatic hydroxyl groups is 12. The highest BCUT2D eigenvalue weighted by Crippen LogP contribution is 2.32. The highest BCUT2D eigenvalue weighted by molar-refractivity contribution is 5.56. The van der Waals surface area contributed by atoms with Gasteiger partial charge in [0.15, 0.2) is 25.2 Å². The van der Waals surface area contributed by atoms with E-state index in [-0.39, 0.29) is 6.29 Å². The van der Waals surface area contributed by atoms with Gasteiger partial charge in [-0.05, 0) is 13.8 Å². The average Bonchev–Trinajstić information content (AvgIpc) is 2.99. The SMILES string of the molecule is C[C@@H]1O[C@@H](O[C@H]2[C@H](O[C@@H]([C@H](O[C@@H]3O[C@@H](C)[C@@H](O)[C@@H](O)[C@@H]3O)[C@@H](O)C=O)[C@H](O)CO)O[C@H](CO)[C@H](O)[C@@H]2O)[C@@H](O)[C@H](O)[C@@H]1O. The Bertz CT molecular complexity index is 868. The van der Waals surface area contributed by atoms with E-state index >= 15 is 0 Å². The molecule has 3 saturated heterocycles. The Hall–Kier alpha value is -1.05. The molecule has 12 N–H and O–H groups in total. The van der Waals surface area contributed by atoms with Crippen LogP contribution in [0.3, 0.4) is 0 Å². The van der Waals surface area contributed by atoms with Crippen LogP contribution in [-0.2, 0) is 33.2 Å². The lowest BCUT2D eigenvalue weighted by Crippen LogP contribution is -2.65. The first-order valence-corrected chi connectivity index (χ1v) is 13.6. The predicted octanol–water partition coefficient (Wildman–Crippen LogP) is -7.85. The first-order valence-electron chi connectivity index (χ1n) is 13.6. The molecule has 0 unspecified atom stereocenters. The number of hydrogen-bond donors (Lipinski definition) is 12. The third-order valence-corrected chi connectivity index (χ3v) is 7.68. The molecule has 0 aromatic rings. The van der Waals surface area contributed by atoms with Gasteiger partial charge in [-0.25, -0.2) is 0 Å². The van der Waals surface area contributed by atoms with E-state index in [9.17, 15) is 66.1 Å². The number of aliphatic hydroxyl groups excluding tert-OH is 12. The Kier molecular flexibility index (Phi) is 13.1. The van der Waals surface area contributed by atoms with Gasteiger partial charge in [-0.2, -0.15) is 0 Å². The summed E-state index contributed by atoms with van der Waals surface area (Å²) in [5, 5.41) is 123. The minimum atomic E-state index is -2.17. The van der Waals surface area contributed by atoms with Crippen LogP contribution in [0, 0.1) is 0 Å². The molecule has 0 radical (unpaired) electrons. The molecule has 0 amide bonds. The molecule has 3 aliphatic rings. The molecule has 43 heavy (non-hydrogen) atoms. The van der Waals surface area contributed by atoms with Gasteiger partial charge in [0.2, 0.25) is 0 Å². The van der Waals surface area contributed by atoms with Crippen LogP contribution in [0.4, 0.5) is 0 Å². The molecule has 3 fully saturated rings. The number of carbonyl (C=O) groups excluding carboxylic acids is 1. The van der Waals surface area contributed by atoms with Crippen molar-refractivity contribution in [3.05, 3.63) is 0 Å². The summed E-state index contributed by atoms with van der Waals surface area (Å²) < 4.78 is 33.0.